The van der Waals surface area contributed by atoms with Gasteiger partial charge >= 0.3 is 12.0 Å². The number of nitrogens with one attached hydrogen (secondary N) is 2. The Bertz CT molecular complexity index is 674. The zero-order valence-corrected chi connectivity index (χ0v) is 15.2. The van der Waals surface area contributed by atoms with Gasteiger partial charge in [-0.2, -0.15) is 0 Å². The van der Waals surface area contributed by atoms with Gasteiger partial charge in [-0.3, -0.25) is 0 Å². The molecule has 1 aromatic carbocycles. The number of benzene rings is 1. The molecule has 0 bridgehead atoms. The molecule has 0 aliphatic carbocycles. The van der Waals surface area contributed by atoms with Crippen molar-refractivity contribution < 1.29 is 23.8 Å². The molecule has 0 spiro atoms. The fourth-order valence-corrected chi connectivity index (χ4v) is 2.93. The Morgan fingerprint density at radius 3 is 2.67 bits per heavy atom. The number of carbonyl (C=O) groups excluding carboxylic acids is 2. The molecule has 0 aromatic heterocycles. The maximum Gasteiger partial charge on any atom is 0.338 e. The van der Waals surface area contributed by atoms with Crippen molar-refractivity contribution in [3.05, 3.63) is 39.5 Å². The SMILES string of the molecule is COCCOC(=O)C1=C(C)NC(=O)NC1c1ccc(OC)c(Br)c1. The minimum atomic E-state index is -0.615. The van der Waals surface area contributed by atoms with E-state index in [-0.39, 0.29) is 12.6 Å². The summed E-state index contributed by atoms with van der Waals surface area (Å²) in [5.41, 5.74) is 1.54. The van der Waals surface area contributed by atoms with Crippen LogP contribution in [0.1, 0.15) is 18.5 Å². The second kappa shape index (κ2) is 8.16. The number of rotatable bonds is 6. The molecule has 0 radical (unpaired) electrons. The maximum absolute atomic E-state index is 12.4. The first-order chi connectivity index (χ1) is 11.5. The van der Waals surface area contributed by atoms with Gasteiger partial charge in [0.15, 0.2) is 0 Å². The van der Waals surface area contributed by atoms with Gasteiger partial charge in [-0.05, 0) is 40.5 Å². The fraction of sp³-hybridized carbons (Fsp3) is 0.375. The summed E-state index contributed by atoms with van der Waals surface area (Å²) in [6.07, 6.45) is 0. The summed E-state index contributed by atoms with van der Waals surface area (Å²) in [7, 11) is 3.09. The van der Waals surface area contributed by atoms with Gasteiger partial charge in [0.05, 0.1) is 29.8 Å². The number of urea groups is 1. The number of hydrogen-bond donors (Lipinski definition) is 2. The minimum Gasteiger partial charge on any atom is -0.496 e. The van der Waals surface area contributed by atoms with E-state index in [4.69, 9.17) is 14.2 Å². The van der Waals surface area contributed by atoms with Gasteiger partial charge in [0.25, 0.3) is 0 Å². The number of methoxy groups -OCH3 is 2. The molecular weight excluding hydrogens is 380 g/mol. The fourth-order valence-electron chi connectivity index (χ4n) is 2.37. The number of allylic oxidation sites excluding steroid dienone is 1. The van der Waals surface area contributed by atoms with E-state index in [0.29, 0.717) is 23.6 Å². The highest BCUT2D eigenvalue weighted by Crippen LogP contribution is 2.33. The van der Waals surface area contributed by atoms with Crippen LogP contribution in [0.25, 0.3) is 0 Å². The van der Waals surface area contributed by atoms with Crippen LogP contribution in [0.15, 0.2) is 33.9 Å². The summed E-state index contributed by atoms with van der Waals surface area (Å²) in [4.78, 5) is 24.2. The lowest BCUT2D eigenvalue weighted by Crippen LogP contribution is -2.45. The Kier molecular flexibility index (Phi) is 6.22. The topological polar surface area (TPSA) is 85.9 Å². The highest BCUT2D eigenvalue weighted by Gasteiger charge is 2.32. The number of ether oxygens (including phenoxy) is 3. The summed E-state index contributed by atoms with van der Waals surface area (Å²) in [5.74, 6) is 0.151. The van der Waals surface area contributed by atoms with Gasteiger partial charge in [0.2, 0.25) is 0 Å². The first-order valence-corrected chi connectivity index (χ1v) is 8.05. The lowest BCUT2D eigenvalue weighted by molar-refractivity contribution is -0.140. The number of carbonyl (C=O) groups is 2. The van der Waals surface area contributed by atoms with Crippen LogP contribution < -0.4 is 15.4 Å². The predicted octanol–water partition coefficient (Wildman–Crippen LogP) is 2.28. The summed E-state index contributed by atoms with van der Waals surface area (Å²) in [6.45, 7) is 2.10. The third-order valence-electron chi connectivity index (χ3n) is 3.52. The van der Waals surface area contributed by atoms with Crippen LogP contribution in [0, 0.1) is 0 Å². The van der Waals surface area contributed by atoms with Crippen molar-refractivity contribution in [1.82, 2.24) is 10.6 Å². The molecule has 0 saturated carbocycles. The molecule has 130 valence electrons. The van der Waals surface area contributed by atoms with Crippen LogP contribution in [-0.2, 0) is 14.3 Å². The van der Waals surface area contributed by atoms with E-state index in [1.807, 2.05) is 0 Å². The van der Waals surface area contributed by atoms with Crippen LogP contribution >= 0.6 is 15.9 Å². The van der Waals surface area contributed by atoms with E-state index in [0.717, 1.165) is 10.0 Å². The van der Waals surface area contributed by atoms with Crippen LogP contribution in [0.2, 0.25) is 0 Å². The van der Waals surface area contributed by atoms with Crippen molar-refractivity contribution in [3.8, 4) is 5.75 Å². The van der Waals surface area contributed by atoms with Gasteiger partial charge in [0.1, 0.15) is 12.4 Å². The van der Waals surface area contributed by atoms with Crippen molar-refractivity contribution in [2.45, 2.75) is 13.0 Å². The minimum absolute atomic E-state index is 0.138. The highest BCUT2D eigenvalue weighted by molar-refractivity contribution is 9.10. The summed E-state index contributed by atoms with van der Waals surface area (Å²) >= 11 is 3.41. The van der Waals surface area contributed by atoms with Gasteiger partial charge in [-0.25, -0.2) is 9.59 Å². The van der Waals surface area contributed by atoms with E-state index in [9.17, 15) is 9.59 Å². The molecule has 0 fully saturated rings. The molecule has 1 aliphatic heterocycles. The second-order valence-electron chi connectivity index (χ2n) is 5.09. The third-order valence-corrected chi connectivity index (χ3v) is 4.14. The number of amides is 2. The summed E-state index contributed by atoms with van der Waals surface area (Å²) < 4.78 is 16.0. The van der Waals surface area contributed by atoms with E-state index >= 15 is 0 Å². The molecule has 1 heterocycles. The number of esters is 1. The Balaban J connectivity index is 2.34. The third kappa shape index (κ3) is 4.07. The number of halogens is 1. The van der Waals surface area contributed by atoms with Crippen molar-refractivity contribution in [2.24, 2.45) is 0 Å². The molecular formula is C16H19BrN2O5. The number of hydrogen-bond acceptors (Lipinski definition) is 5. The monoisotopic (exact) mass is 398 g/mol. The zero-order valence-electron chi connectivity index (χ0n) is 13.6. The largest absolute Gasteiger partial charge is 0.496 e. The van der Waals surface area contributed by atoms with Crippen LogP contribution in [0.4, 0.5) is 4.79 Å². The molecule has 1 unspecified atom stereocenters. The Labute approximate surface area is 148 Å². The lowest BCUT2D eigenvalue weighted by atomic mass is 9.95. The van der Waals surface area contributed by atoms with Gasteiger partial charge < -0.3 is 24.8 Å². The first-order valence-electron chi connectivity index (χ1n) is 7.25. The predicted molar refractivity (Wildman–Crippen MR) is 90.6 cm³/mol. The summed E-state index contributed by atoms with van der Waals surface area (Å²) in [6, 6.07) is 4.35. The zero-order chi connectivity index (χ0) is 17.7. The Morgan fingerprint density at radius 1 is 1.29 bits per heavy atom. The molecule has 0 saturated heterocycles. The molecule has 1 atom stereocenters. The van der Waals surface area contributed by atoms with Crippen LogP contribution in [0.3, 0.4) is 0 Å². The standard InChI is InChI=1S/C16H19BrN2O5/c1-9-13(15(20)24-7-6-22-2)14(19-16(21)18-9)10-4-5-12(23-3)11(17)8-10/h4-5,8,14H,6-7H2,1-3H3,(H2,18,19,21). The molecule has 2 N–H and O–H groups in total. The van der Waals surface area contributed by atoms with E-state index in [1.54, 1.807) is 32.2 Å². The normalized spacial score (nSPS) is 17.2. The van der Waals surface area contributed by atoms with E-state index < -0.39 is 12.0 Å². The molecule has 8 heteroatoms. The molecule has 7 nitrogen and oxygen atoms in total. The molecule has 24 heavy (non-hydrogen) atoms. The Morgan fingerprint density at radius 2 is 2.04 bits per heavy atom. The molecule has 1 aromatic rings. The van der Waals surface area contributed by atoms with Crippen LogP contribution in [-0.4, -0.2) is 39.4 Å². The first kappa shape index (κ1) is 18.3. The summed E-state index contributed by atoms with van der Waals surface area (Å²) in [5, 5.41) is 5.35. The maximum atomic E-state index is 12.4. The van der Waals surface area contributed by atoms with Crippen molar-refractivity contribution in [3.63, 3.8) is 0 Å². The Hall–Kier alpha value is -2.06. The lowest BCUT2D eigenvalue weighted by Gasteiger charge is -2.28. The highest BCUT2D eigenvalue weighted by atomic mass is 79.9. The average Bonchev–Trinajstić information content (AvgIpc) is 2.54. The van der Waals surface area contributed by atoms with Gasteiger partial charge in [0, 0.05) is 12.8 Å². The molecule has 1 aliphatic rings. The van der Waals surface area contributed by atoms with Gasteiger partial charge in [-0.15, -0.1) is 0 Å². The smallest absolute Gasteiger partial charge is 0.338 e. The quantitative estimate of drug-likeness (QED) is 0.566. The van der Waals surface area contributed by atoms with E-state index in [2.05, 4.69) is 26.6 Å². The van der Waals surface area contributed by atoms with Crippen molar-refractivity contribution in [1.29, 1.82) is 0 Å². The average molecular weight is 399 g/mol. The van der Waals surface area contributed by atoms with Crippen molar-refractivity contribution in [2.75, 3.05) is 27.4 Å². The van der Waals surface area contributed by atoms with E-state index in [1.165, 1.54) is 7.11 Å². The second-order valence-corrected chi connectivity index (χ2v) is 5.95. The van der Waals surface area contributed by atoms with Gasteiger partial charge in [-0.1, -0.05) is 6.07 Å². The molecule has 2 amide bonds. The molecule has 2 rings (SSSR count). The van der Waals surface area contributed by atoms with Crippen molar-refractivity contribution >= 4 is 27.9 Å². The van der Waals surface area contributed by atoms with Crippen LogP contribution in [0.5, 0.6) is 5.75 Å².